The Labute approximate surface area is 118 Å². The van der Waals surface area contributed by atoms with E-state index in [1.54, 1.807) is 12.1 Å². The summed E-state index contributed by atoms with van der Waals surface area (Å²) in [6.07, 6.45) is 0. The Morgan fingerprint density at radius 1 is 0.900 bits per heavy atom. The van der Waals surface area contributed by atoms with Crippen molar-refractivity contribution < 1.29 is 8.78 Å². The van der Waals surface area contributed by atoms with E-state index in [1.165, 1.54) is 17.4 Å². The van der Waals surface area contributed by atoms with Crippen LogP contribution in [0.25, 0.3) is 21.8 Å². The Kier molecular flexibility index (Phi) is 3.20. The summed E-state index contributed by atoms with van der Waals surface area (Å²) < 4.78 is 26.1. The minimum absolute atomic E-state index is 0.565. The van der Waals surface area contributed by atoms with Crippen molar-refractivity contribution in [3.63, 3.8) is 0 Å². The summed E-state index contributed by atoms with van der Waals surface area (Å²) in [5.74, 6) is -1.73. The molecule has 2 N–H and O–H groups in total. The monoisotopic (exact) mass is 288 g/mol. The molecule has 0 atom stereocenters. The van der Waals surface area contributed by atoms with Gasteiger partial charge >= 0.3 is 0 Å². The van der Waals surface area contributed by atoms with E-state index in [0.29, 0.717) is 16.3 Å². The lowest BCUT2D eigenvalue weighted by Crippen LogP contribution is -1.86. The Hall–Kier alpha value is -2.27. The number of hydrogen-bond acceptors (Lipinski definition) is 3. The van der Waals surface area contributed by atoms with Crippen LogP contribution < -0.4 is 5.73 Å². The van der Waals surface area contributed by atoms with Gasteiger partial charge in [0.15, 0.2) is 11.6 Å². The number of hydrogen-bond donors (Lipinski definition) is 1. The van der Waals surface area contributed by atoms with Crippen LogP contribution in [0.4, 0.5) is 14.5 Å². The minimum atomic E-state index is -0.869. The van der Waals surface area contributed by atoms with Gasteiger partial charge < -0.3 is 5.73 Å². The molecule has 0 unspecified atom stereocenters. The highest BCUT2D eigenvalue weighted by molar-refractivity contribution is 7.13. The van der Waals surface area contributed by atoms with Gasteiger partial charge in [0, 0.05) is 22.2 Å². The number of rotatable bonds is 2. The van der Waals surface area contributed by atoms with Crippen LogP contribution in [0.2, 0.25) is 0 Å². The second-order valence-corrected chi connectivity index (χ2v) is 5.15. The first-order chi connectivity index (χ1) is 9.63. The summed E-state index contributed by atoms with van der Waals surface area (Å²) in [7, 11) is 0. The number of nitrogens with two attached hydrogens (primary N) is 1. The summed E-state index contributed by atoms with van der Waals surface area (Å²) in [5.41, 5.74) is 8.61. The zero-order chi connectivity index (χ0) is 14.1. The van der Waals surface area contributed by atoms with Gasteiger partial charge in [-0.3, -0.25) is 0 Å². The molecule has 0 saturated heterocycles. The highest BCUT2D eigenvalue weighted by Crippen LogP contribution is 2.29. The molecule has 100 valence electrons. The van der Waals surface area contributed by atoms with Gasteiger partial charge in [-0.05, 0) is 30.3 Å². The van der Waals surface area contributed by atoms with Crippen LogP contribution in [0.5, 0.6) is 0 Å². The fourth-order valence-corrected chi connectivity index (χ4v) is 2.65. The smallest absolute Gasteiger partial charge is 0.159 e. The van der Waals surface area contributed by atoms with E-state index in [2.05, 4.69) is 4.98 Å². The van der Waals surface area contributed by atoms with Gasteiger partial charge in [-0.1, -0.05) is 12.1 Å². The molecule has 2 nitrogen and oxygen atoms in total. The first kappa shape index (κ1) is 12.7. The molecule has 1 aromatic heterocycles. The molecule has 0 radical (unpaired) electrons. The molecule has 0 amide bonds. The second-order valence-electron chi connectivity index (χ2n) is 4.29. The van der Waals surface area contributed by atoms with Gasteiger partial charge in [0.1, 0.15) is 5.01 Å². The van der Waals surface area contributed by atoms with Gasteiger partial charge in [-0.25, -0.2) is 13.8 Å². The van der Waals surface area contributed by atoms with Crippen molar-refractivity contribution in [3.05, 3.63) is 59.5 Å². The fourth-order valence-electron chi connectivity index (χ4n) is 1.82. The molecule has 0 saturated carbocycles. The van der Waals surface area contributed by atoms with E-state index in [0.717, 1.165) is 23.4 Å². The van der Waals surface area contributed by atoms with Gasteiger partial charge in [-0.2, -0.15) is 0 Å². The SMILES string of the molecule is Nc1ccc(-c2csc(-c3ccc(F)c(F)c3)n2)cc1. The number of benzene rings is 2. The van der Waals surface area contributed by atoms with Crippen molar-refractivity contribution in [2.45, 2.75) is 0 Å². The summed E-state index contributed by atoms with van der Waals surface area (Å²) in [5, 5.41) is 2.53. The maximum absolute atomic E-state index is 13.2. The van der Waals surface area contributed by atoms with Crippen molar-refractivity contribution in [2.24, 2.45) is 0 Å². The van der Waals surface area contributed by atoms with Gasteiger partial charge in [-0.15, -0.1) is 11.3 Å². The van der Waals surface area contributed by atoms with Crippen LogP contribution in [0, 0.1) is 11.6 Å². The largest absolute Gasteiger partial charge is 0.399 e. The minimum Gasteiger partial charge on any atom is -0.399 e. The van der Waals surface area contributed by atoms with Crippen molar-refractivity contribution in [3.8, 4) is 21.8 Å². The highest BCUT2D eigenvalue weighted by atomic mass is 32.1. The lowest BCUT2D eigenvalue weighted by molar-refractivity contribution is 0.509. The first-order valence-electron chi connectivity index (χ1n) is 5.90. The summed E-state index contributed by atoms with van der Waals surface area (Å²) >= 11 is 1.38. The van der Waals surface area contributed by atoms with Crippen molar-refractivity contribution in [1.82, 2.24) is 4.98 Å². The molecule has 5 heteroatoms. The second kappa shape index (κ2) is 5.02. The average molecular weight is 288 g/mol. The quantitative estimate of drug-likeness (QED) is 0.712. The lowest BCUT2D eigenvalue weighted by atomic mass is 10.1. The van der Waals surface area contributed by atoms with Gasteiger partial charge in [0.25, 0.3) is 0 Å². The third-order valence-electron chi connectivity index (χ3n) is 2.88. The molecule has 1 heterocycles. The molecule has 20 heavy (non-hydrogen) atoms. The van der Waals surface area contributed by atoms with Crippen molar-refractivity contribution in [1.29, 1.82) is 0 Å². The van der Waals surface area contributed by atoms with Crippen LogP contribution in [0.3, 0.4) is 0 Å². The van der Waals surface area contributed by atoms with Crippen LogP contribution in [-0.2, 0) is 0 Å². The number of halogens is 2. The Morgan fingerprint density at radius 2 is 1.60 bits per heavy atom. The predicted octanol–water partition coefficient (Wildman–Crippen LogP) is 4.34. The molecule has 0 spiro atoms. The van der Waals surface area contributed by atoms with E-state index in [4.69, 9.17) is 5.73 Å². The van der Waals surface area contributed by atoms with E-state index in [1.807, 2.05) is 17.5 Å². The Morgan fingerprint density at radius 3 is 2.30 bits per heavy atom. The highest BCUT2D eigenvalue weighted by Gasteiger charge is 2.09. The van der Waals surface area contributed by atoms with Crippen LogP contribution in [-0.4, -0.2) is 4.98 Å². The zero-order valence-corrected chi connectivity index (χ0v) is 11.1. The predicted molar refractivity (Wildman–Crippen MR) is 77.3 cm³/mol. The fraction of sp³-hybridized carbons (Fsp3) is 0. The lowest BCUT2D eigenvalue weighted by Gasteiger charge is -1.99. The molecule has 2 aromatic carbocycles. The van der Waals surface area contributed by atoms with E-state index >= 15 is 0 Å². The van der Waals surface area contributed by atoms with Crippen LogP contribution in [0.15, 0.2) is 47.8 Å². The number of nitrogens with zero attached hydrogens (tertiary/aromatic N) is 1. The molecule has 0 aliphatic rings. The summed E-state index contributed by atoms with van der Waals surface area (Å²) in [6.45, 7) is 0. The van der Waals surface area contributed by atoms with E-state index < -0.39 is 11.6 Å². The van der Waals surface area contributed by atoms with Crippen molar-refractivity contribution >= 4 is 17.0 Å². The zero-order valence-electron chi connectivity index (χ0n) is 10.3. The Balaban J connectivity index is 1.97. The molecule has 3 aromatic rings. The molecular weight excluding hydrogens is 278 g/mol. The molecule has 0 bridgehead atoms. The molecule has 3 rings (SSSR count). The van der Waals surface area contributed by atoms with Gasteiger partial charge in [0.05, 0.1) is 5.69 Å². The van der Waals surface area contributed by atoms with E-state index in [9.17, 15) is 8.78 Å². The van der Waals surface area contributed by atoms with E-state index in [-0.39, 0.29) is 0 Å². The third-order valence-corrected chi connectivity index (χ3v) is 3.77. The number of anilines is 1. The average Bonchev–Trinajstić information content (AvgIpc) is 2.92. The molecular formula is C15H10F2N2S. The number of nitrogen functional groups attached to an aromatic ring is 1. The normalized spacial score (nSPS) is 10.7. The number of aromatic nitrogens is 1. The van der Waals surface area contributed by atoms with Gasteiger partial charge in [0.2, 0.25) is 0 Å². The van der Waals surface area contributed by atoms with Crippen LogP contribution in [0.1, 0.15) is 0 Å². The maximum atomic E-state index is 13.2. The number of thiazole rings is 1. The topological polar surface area (TPSA) is 38.9 Å². The summed E-state index contributed by atoms with van der Waals surface area (Å²) in [4.78, 5) is 4.44. The molecule has 0 aliphatic carbocycles. The summed E-state index contributed by atoms with van der Waals surface area (Å²) in [6, 6.07) is 11.1. The Bertz CT molecular complexity index is 751. The molecule has 0 aliphatic heterocycles. The molecule has 0 fully saturated rings. The standard InChI is InChI=1S/C15H10F2N2S/c16-12-6-3-10(7-13(12)17)15-19-14(8-20-15)9-1-4-11(18)5-2-9/h1-8H,18H2. The van der Waals surface area contributed by atoms with Crippen LogP contribution >= 0.6 is 11.3 Å². The third kappa shape index (κ3) is 2.40. The van der Waals surface area contributed by atoms with Crippen molar-refractivity contribution in [2.75, 3.05) is 5.73 Å². The maximum Gasteiger partial charge on any atom is 0.159 e. The first-order valence-corrected chi connectivity index (χ1v) is 6.78.